The van der Waals surface area contributed by atoms with Crippen molar-refractivity contribution < 1.29 is 9.18 Å². The van der Waals surface area contributed by atoms with Crippen molar-refractivity contribution in [1.82, 2.24) is 10.4 Å². The summed E-state index contributed by atoms with van der Waals surface area (Å²) in [6.07, 6.45) is 1.28. The van der Waals surface area contributed by atoms with E-state index >= 15 is 0 Å². The van der Waals surface area contributed by atoms with Gasteiger partial charge in [0.25, 0.3) is 0 Å². The molecule has 1 heterocycles. The van der Waals surface area contributed by atoms with E-state index in [0.717, 1.165) is 10.6 Å². The molecule has 126 valence electrons. The molecule has 0 saturated carbocycles. The van der Waals surface area contributed by atoms with Crippen LogP contribution in [0.5, 0.6) is 0 Å². The van der Waals surface area contributed by atoms with E-state index in [1.54, 1.807) is 6.07 Å². The number of amides is 1. The average molecular weight is 374 g/mol. The smallest absolute Gasteiger partial charge is 0.246 e. The van der Waals surface area contributed by atoms with E-state index in [2.05, 4.69) is 15.5 Å². The number of carbonyl (C=O) groups excluding carboxylic acids is 1. The van der Waals surface area contributed by atoms with Crippen LogP contribution in [0.1, 0.15) is 11.3 Å². The Morgan fingerprint density at radius 2 is 2.04 bits per heavy atom. The van der Waals surface area contributed by atoms with Crippen molar-refractivity contribution in [2.75, 3.05) is 0 Å². The fourth-order valence-electron chi connectivity index (χ4n) is 2.11. The fraction of sp³-hybridized carbons (Fsp3) is 0.0556. The van der Waals surface area contributed by atoms with Crippen LogP contribution in [-0.2, 0) is 11.2 Å². The molecule has 0 aliphatic rings. The Kier molecular flexibility index (Phi) is 5.53. The van der Waals surface area contributed by atoms with Gasteiger partial charge in [-0.15, -0.1) is 11.3 Å². The van der Waals surface area contributed by atoms with Gasteiger partial charge in [0.1, 0.15) is 10.8 Å². The van der Waals surface area contributed by atoms with E-state index in [1.165, 1.54) is 29.7 Å². The molecule has 1 amide bonds. The van der Waals surface area contributed by atoms with E-state index in [9.17, 15) is 9.18 Å². The lowest BCUT2D eigenvalue weighted by Gasteiger charge is -2.00. The van der Waals surface area contributed by atoms with Crippen molar-refractivity contribution in [3.8, 4) is 10.6 Å². The Labute approximate surface area is 153 Å². The molecule has 0 aliphatic heterocycles. The molecular formula is C18H13ClFN3OS. The van der Waals surface area contributed by atoms with Gasteiger partial charge in [-0.3, -0.25) is 4.79 Å². The number of halogens is 2. The average Bonchev–Trinajstić information content (AvgIpc) is 3.07. The minimum atomic E-state index is -0.502. The summed E-state index contributed by atoms with van der Waals surface area (Å²) in [4.78, 5) is 16.4. The Bertz CT molecular complexity index is 891. The first-order chi connectivity index (χ1) is 12.1. The van der Waals surface area contributed by atoms with Crippen LogP contribution in [0.3, 0.4) is 0 Å². The standard InChI is InChI=1S/C18H13ClFN3OS/c19-15-7-4-8-16(20)14(15)10-21-23-17(24)9-13-11-25-18(22-13)12-5-2-1-3-6-12/h1-8,10-11H,9H2,(H,23,24). The maximum Gasteiger partial charge on any atom is 0.246 e. The molecule has 3 rings (SSSR count). The Hall–Kier alpha value is -2.57. The van der Waals surface area contributed by atoms with Crippen molar-refractivity contribution in [3.63, 3.8) is 0 Å². The largest absolute Gasteiger partial charge is 0.273 e. The highest BCUT2D eigenvalue weighted by atomic mass is 35.5. The summed E-state index contributed by atoms with van der Waals surface area (Å²) in [7, 11) is 0. The van der Waals surface area contributed by atoms with Gasteiger partial charge in [-0.1, -0.05) is 48.0 Å². The van der Waals surface area contributed by atoms with Crippen LogP contribution in [0.4, 0.5) is 4.39 Å². The van der Waals surface area contributed by atoms with Crippen molar-refractivity contribution in [1.29, 1.82) is 0 Å². The lowest BCUT2D eigenvalue weighted by atomic mass is 10.2. The van der Waals surface area contributed by atoms with Crippen LogP contribution in [0, 0.1) is 5.82 Å². The Morgan fingerprint density at radius 1 is 1.24 bits per heavy atom. The molecule has 0 radical (unpaired) electrons. The van der Waals surface area contributed by atoms with Crippen LogP contribution in [0.2, 0.25) is 5.02 Å². The number of hydrazone groups is 1. The first kappa shape index (κ1) is 17.3. The third kappa shape index (κ3) is 4.49. The maximum absolute atomic E-state index is 13.6. The highest BCUT2D eigenvalue weighted by molar-refractivity contribution is 7.13. The normalized spacial score (nSPS) is 11.0. The summed E-state index contributed by atoms with van der Waals surface area (Å²) in [5.74, 6) is -0.842. The molecule has 0 fully saturated rings. The molecule has 25 heavy (non-hydrogen) atoms. The second-order valence-corrected chi connectivity index (χ2v) is 6.38. The van der Waals surface area contributed by atoms with Crippen LogP contribution < -0.4 is 5.43 Å². The van der Waals surface area contributed by atoms with Crippen molar-refractivity contribution >= 4 is 35.1 Å². The summed E-state index contributed by atoms with van der Waals surface area (Å²) in [6.45, 7) is 0. The Balaban J connectivity index is 1.60. The predicted octanol–water partition coefficient (Wildman–Crippen LogP) is 4.30. The number of aromatic nitrogens is 1. The maximum atomic E-state index is 13.6. The summed E-state index contributed by atoms with van der Waals surface area (Å²) < 4.78 is 13.6. The molecule has 1 N–H and O–H groups in total. The molecule has 7 heteroatoms. The number of nitrogens with one attached hydrogen (secondary N) is 1. The summed E-state index contributed by atoms with van der Waals surface area (Å²) in [5.41, 5.74) is 4.14. The molecule has 0 aliphatic carbocycles. The first-order valence-corrected chi connectivity index (χ1v) is 8.65. The van der Waals surface area contributed by atoms with Gasteiger partial charge >= 0.3 is 0 Å². The van der Waals surface area contributed by atoms with Gasteiger partial charge in [0.05, 0.1) is 23.4 Å². The zero-order valence-electron chi connectivity index (χ0n) is 12.9. The number of nitrogens with zero attached hydrogens (tertiary/aromatic N) is 2. The fourth-order valence-corrected chi connectivity index (χ4v) is 3.15. The zero-order chi connectivity index (χ0) is 17.6. The number of hydrogen-bond donors (Lipinski definition) is 1. The molecule has 4 nitrogen and oxygen atoms in total. The topological polar surface area (TPSA) is 54.4 Å². The lowest BCUT2D eigenvalue weighted by Crippen LogP contribution is -2.20. The third-order valence-corrected chi connectivity index (χ3v) is 4.57. The van der Waals surface area contributed by atoms with Gasteiger partial charge in [0.15, 0.2) is 0 Å². The van der Waals surface area contributed by atoms with Crippen LogP contribution in [0.25, 0.3) is 10.6 Å². The molecule has 2 aromatic carbocycles. The number of benzene rings is 2. The van der Waals surface area contributed by atoms with Gasteiger partial charge in [0, 0.05) is 16.5 Å². The number of rotatable bonds is 5. The summed E-state index contributed by atoms with van der Waals surface area (Å²) in [5, 5.41) is 6.66. The van der Waals surface area contributed by atoms with Crippen molar-refractivity contribution in [2.24, 2.45) is 5.10 Å². The molecule has 0 unspecified atom stereocenters. The van der Waals surface area contributed by atoms with Crippen LogP contribution in [0.15, 0.2) is 59.0 Å². The predicted molar refractivity (Wildman–Crippen MR) is 98.4 cm³/mol. The van der Waals surface area contributed by atoms with Gasteiger partial charge in [-0.2, -0.15) is 5.10 Å². The second kappa shape index (κ2) is 8.00. The lowest BCUT2D eigenvalue weighted by molar-refractivity contribution is -0.120. The van der Waals surface area contributed by atoms with Crippen LogP contribution in [-0.4, -0.2) is 17.1 Å². The number of carbonyl (C=O) groups is 1. The zero-order valence-corrected chi connectivity index (χ0v) is 14.5. The van der Waals surface area contributed by atoms with E-state index in [4.69, 9.17) is 11.6 Å². The summed E-state index contributed by atoms with van der Waals surface area (Å²) >= 11 is 7.36. The van der Waals surface area contributed by atoms with Crippen molar-refractivity contribution in [2.45, 2.75) is 6.42 Å². The van der Waals surface area contributed by atoms with E-state index in [1.807, 2.05) is 35.7 Å². The Morgan fingerprint density at radius 3 is 2.80 bits per heavy atom. The van der Waals surface area contributed by atoms with Gasteiger partial charge in [0.2, 0.25) is 5.91 Å². The highest BCUT2D eigenvalue weighted by Crippen LogP contribution is 2.23. The van der Waals surface area contributed by atoms with Gasteiger partial charge in [-0.25, -0.2) is 14.8 Å². The van der Waals surface area contributed by atoms with Gasteiger partial charge in [-0.05, 0) is 12.1 Å². The molecule has 0 bridgehead atoms. The minimum absolute atomic E-state index is 0.0890. The third-order valence-electron chi connectivity index (χ3n) is 3.30. The number of thiazole rings is 1. The summed E-state index contributed by atoms with van der Waals surface area (Å²) in [6, 6.07) is 14.1. The van der Waals surface area contributed by atoms with Crippen LogP contribution >= 0.6 is 22.9 Å². The first-order valence-electron chi connectivity index (χ1n) is 7.39. The minimum Gasteiger partial charge on any atom is -0.273 e. The SMILES string of the molecule is O=C(Cc1csc(-c2ccccc2)n1)NN=Cc1c(F)cccc1Cl. The number of hydrogen-bond acceptors (Lipinski definition) is 4. The van der Waals surface area contributed by atoms with E-state index in [-0.39, 0.29) is 22.9 Å². The highest BCUT2D eigenvalue weighted by Gasteiger charge is 2.09. The van der Waals surface area contributed by atoms with E-state index < -0.39 is 5.82 Å². The molecule has 1 aromatic heterocycles. The molecule has 0 spiro atoms. The monoisotopic (exact) mass is 373 g/mol. The molecule has 0 saturated heterocycles. The van der Waals surface area contributed by atoms with Crippen molar-refractivity contribution in [3.05, 3.63) is 76.0 Å². The van der Waals surface area contributed by atoms with Gasteiger partial charge < -0.3 is 0 Å². The van der Waals surface area contributed by atoms with E-state index in [0.29, 0.717) is 5.69 Å². The molecule has 0 atom stereocenters. The molecule has 3 aromatic rings. The second-order valence-electron chi connectivity index (χ2n) is 5.12. The quantitative estimate of drug-likeness (QED) is 0.535. The molecular weight excluding hydrogens is 361 g/mol.